The molecule has 24 heavy (non-hydrogen) atoms. The number of amides is 2. The maximum absolute atomic E-state index is 12.4. The van der Waals surface area contributed by atoms with Crippen LogP contribution in [0.4, 0.5) is 0 Å². The van der Waals surface area contributed by atoms with Crippen LogP contribution in [-0.4, -0.2) is 40.9 Å². The molecule has 1 atom stereocenters. The highest BCUT2D eigenvalue weighted by Crippen LogP contribution is 2.15. The van der Waals surface area contributed by atoms with E-state index in [1.165, 1.54) is 4.90 Å². The van der Waals surface area contributed by atoms with Crippen LogP contribution in [0.5, 0.6) is 0 Å². The monoisotopic (exact) mass is 354 g/mol. The minimum Gasteiger partial charge on any atom is -0.481 e. The third-order valence-corrected chi connectivity index (χ3v) is 3.88. The number of hydrogen-bond acceptors (Lipinski definition) is 3. The maximum atomic E-state index is 12.4. The SMILES string of the molecule is CCN(CC(=O)NCc1ccc(Cl)cc1)C(=O)C(C(=O)O)C(C)C. The molecular weight excluding hydrogens is 332 g/mol. The Balaban J connectivity index is 2.63. The van der Waals surface area contributed by atoms with E-state index < -0.39 is 17.8 Å². The van der Waals surface area contributed by atoms with Gasteiger partial charge >= 0.3 is 5.97 Å². The number of hydrogen-bond donors (Lipinski definition) is 2. The van der Waals surface area contributed by atoms with Gasteiger partial charge in [0.2, 0.25) is 11.8 Å². The lowest BCUT2D eigenvalue weighted by atomic mass is 9.94. The van der Waals surface area contributed by atoms with Crippen LogP contribution in [0.1, 0.15) is 26.3 Å². The molecule has 0 spiro atoms. The molecule has 1 aromatic carbocycles. The first-order valence-corrected chi connectivity index (χ1v) is 8.16. The Hall–Kier alpha value is -2.08. The van der Waals surface area contributed by atoms with Gasteiger partial charge in [-0.3, -0.25) is 14.4 Å². The summed E-state index contributed by atoms with van der Waals surface area (Å²) in [4.78, 5) is 36.9. The predicted molar refractivity (Wildman–Crippen MR) is 91.5 cm³/mol. The third-order valence-electron chi connectivity index (χ3n) is 3.63. The van der Waals surface area contributed by atoms with Gasteiger partial charge in [-0.1, -0.05) is 37.6 Å². The number of benzene rings is 1. The van der Waals surface area contributed by atoms with Gasteiger partial charge in [0.1, 0.15) is 5.92 Å². The van der Waals surface area contributed by atoms with E-state index in [9.17, 15) is 19.5 Å². The van der Waals surface area contributed by atoms with Gasteiger partial charge in [0, 0.05) is 18.1 Å². The fourth-order valence-corrected chi connectivity index (χ4v) is 2.38. The number of nitrogens with zero attached hydrogens (tertiary/aromatic N) is 1. The summed E-state index contributed by atoms with van der Waals surface area (Å²) in [7, 11) is 0. The Morgan fingerprint density at radius 1 is 1.21 bits per heavy atom. The van der Waals surface area contributed by atoms with Gasteiger partial charge in [-0.25, -0.2) is 0 Å². The van der Waals surface area contributed by atoms with Crippen molar-refractivity contribution in [3.8, 4) is 0 Å². The van der Waals surface area contributed by atoms with Crippen LogP contribution in [-0.2, 0) is 20.9 Å². The summed E-state index contributed by atoms with van der Waals surface area (Å²) >= 11 is 5.80. The number of aliphatic carboxylic acids is 1. The van der Waals surface area contributed by atoms with Crippen LogP contribution in [0.15, 0.2) is 24.3 Å². The molecule has 1 unspecified atom stereocenters. The Kier molecular flexibility index (Phi) is 7.71. The highest BCUT2D eigenvalue weighted by molar-refractivity contribution is 6.30. The first-order valence-electron chi connectivity index (χ1n) is 7.79. The van der Waals surface area contributed by atoms with E-state index in [0.717, 1.165) is 5.56 Å². The zero-order valence-electron chi connectivity index (χ0n) is 14.1. The smallest absolute Gasteiger partial charge is 0.316 e. The predicted octanol–water partition coefficient (Wildman–Crippen LogP) is 2.16. The van der Waals surface area contributed by atoms with Crippen LogP contribution in [0.3, 0.4) is 0 Å². The van der Waals surface area contributed by atoms with Crippen molar-refractivity contribution in [1.29, 1.82) is 0 Å². The molecule has 1 rings (SSSR count). The summed E-state index contributed by atoms with van der Waals surface area (Å²) in [6.07, 6.45) is 0. The first kappa shape index (κ1) is 20.0. The van der Waals surface area contributed by atoms with E-state index >= 15 is 0 Å². The van der Waals surface area contributed by atoms with Crippen molar-refractivity contribution < 1.29 is 19.5 Å². The zero-order valence-corrected chi connectivity index (χ0v) is 14.8. The molecule has 0 bridgehead atoms. The Labute approximate surface area is 146 Å². The standard InChI is InChI=1S/C17H23ClN2O4/c1-4-20(16(22)15(11(2)3)17(23)24)10-14(21)19-9-12-5-7-13(18)8-6-12/h5-8,11,15H,4,9-10H2,1-3H3,(H,19,21)(H,23,24). The molecule has 0 fully saturated rings. The van der Waals surface area contributed by atoms with Gasteiger partial charge in [-0.2, -0.15) is 0 Å². The van der Waals surface area contributed by atoms with Crippen LogP contribution < -0.4 is 5.32 Å². The van der Waals surface area contributed by atoms with Crippen molar-refractivity contribution in [3.63, 3.8) is 0 Å². The molecule has 2 amide bonds. The molecule has 132 valence electrons. The van der Waals surface area contributed by atoms with Crippen molar-refractivity contribution in [1.82, 2.24) is 10.2 Å². The number of halogens is 1. The number of carboxylic acids is 1. The van der Waals surface area contributed by atoms with E-state index in [1.54, 1.807) is 45.0 Å². The lowest BCUT2D eigenvalue weighted by Crippen LogP contribution is -2.46. The fraction of sp³-hybridized carbons (Fsp3) is 0.471. The quantitative estimate of drug-likeness (QED) is 0.700. The second kappa shape index (κ2) is 9.27. The van der Waals surface area contributed by atoms with Gasteiger partial charge in [-0.05, 0) is 30.5 Å². The molecule has 0 saturated heterocycles. The molecule has 0 saturated carbocycles. The van der Waals surface area contributed by atoms with Crippen molar-refractivity contribution in [2.24, 2.45) is 11.8 Å². The Bertz CT molecular complexity index is 587. The van der Waals surface area contributed by atoms with Crippen LogP contribution in [0, 0.1) is 11.8 Å². The average Bonchev–Trinajstić information content (AvgIpc) is 2.51. The Morgan fingerprint density at radius 3 is 2.25 bits per heavy atom. The fourth-order valence-electron chi connectivity index (χ4n) is 2.25. The van der Waals surface area contributed by atoms with E-state index in [-0.39, 0.29) is 24.9 Å². The van der Waals surface area contributed by atoms with Crippen molar-refractivity contribution in [2.75, 3.05) is 13.1 Å². The number of nitrogens with one attached hydrogen (secondary N) is 1. The van der Waals surface area contributed by atoms with Gasteiger partial charge in [-0.15, -0.1) is 0 Å². The Morgan fingerprint density at radius 2 is 1.79 bits per heavy atom. The van der Waals surface area contributed by atoms with Gasteiger partial charge in [0.05, 0.1) is 6.54 Å². The van der Waals surface area contributed by atoms with Crippen LogP contribution in [0.2, 0.25) is 5.02 Å². The molecule has 6 nitrogen and oxygen atoms in total. The third kappa shape index (κ3) is 5.85. The molecule has 0 aromatic heterocycles. The second-order valence-electron chi connectivity index (χ2n) is 5.82. The molecular formula is C17H23ClN2O4. The first-order chi connectivity index (χ1) is 11.3. The lowest BCUT2D eigenvalue weighted by Gasteiger charge is -2.25. The van der Waals surface area contributed by atoms with Crippen molar-refractivity contribution in [3.05, 3.63) is 34.9 Å². The lowest BCUT2D eigenvalue weighted by molar-refractivity contribution is -0.154. The molecule has 0 aliphatic rings. The molecule has 0 heterocycles. The number of carbonyl (C=O) groups excluding carboxylic acids is 2. The van der Waals surface area contributed by atoms with Gasteiger partial charge < -0.3 is 15.3 Å². The van der Waals surface area contributed by atoms with Crippen LogP contribution >= 0.6 is 11.6 Å². The van der Waals surface area contributed by atoms with E-state index in [2.05, 4.69) is 5.32 Å². The molecule has 2 N–H and O–H groups in total. The largest absolute Gasteiger partial charge is 0.481 e. The second-order valence-corrected chi connectivity index (χ2v) is 6.25. The van der Waals surface area contributed by atoms with Gasteiger partial charge in [0.25, 0.3) is 0 Å². The summed E-state index contributed by atoms with van der Waals surface area (Å²) in [6, 6.07) is 7.05. The normalized spacial score (nSPS) is 11.9. The number of carboxylic acid groups (broad SMARTS) is 1. The van der Waals surface area contributed by atoms with E-state index in [0.29, 0.717) is 11.6 Å². The average molecular weight is 355 g/mol. The highest BCUT2D eigenvalue weighted by Gasteiger charge is 2.33. The molecule has 0 aliphatic heterocycles. The minimum absolute atomic E-state index is 0.167. The van der Waals surface area contributed by atoms with Gasteiger partial charge in [0.15, 0.2) is 0 Å². The summed E-state index contributed by atoms with van der Waals surface area (Å²) in [5.41, 5.74) is 0.882. The van der Waals surface area contributed by atoms with Crippen molar-refractivity contribution >= 4 is 29.4 Å². The van der Waals surface area contributed by atoms with Crippen LogP contribution in [0.25, 0.3) is 0 Å². The summed E-state index contributed by atoms with van der Waals surface area (Å²) in [5.74, 6) is -3.54. The number of carbonyl (C=O) groups is 3. The topological polar surface area (TPSA) is 86.7 Å². The summed E-state index contributed by atoms with van der Waals surface area (Å²) in [5, 5.41) is 12.5. The summed E-state index contributed by atoms with van der Waals surface area (Å²) < 4.78 is 0. The van der Waals surface area contributed by atoms with E-state index in [4.69, 9.17) is 11.6 Å². The zero-order chi connectivity index (χ0) is 18.3. The van der Waals surface area contributed by atoms with E-state index in [1.807, 2.05) is 0 Å². The molecule has 1 aromatic rings. The number of rotatable bonds is 8. The maximum Gasteiger partial charge on any atom is 0.316 e. The molecule has 0 aliphatic carbocycles. The number of likely N-dealkylation sites (N-methyl/N-ethyl adjacent to an activating group) is 1. The molecule has 0 radical (unpaired) electrons. The summed E-state index contributed by atoms with van der Waals surface area (Å²) in [6.45, 7) is 5.47. The van der Waals surface area contributed by atoms with Crippen molar-refractivity contribution in [2.45, 2.75) is 27.3 Å². The molecule has 7 heteroatoms. The minimum atomic E-state index is -1.17. The highest BCUT2D eigenvalue weighted by atomic mass is 35.5.